The number of ether oxygens (including phenoxy) is 3. The minimum absolute atomic E-state index is 0.0665. The van der Waals surface area contributed by atoms with Crippen LogP contribution < -0.4 is 4.74 Å². The van der Waals surface area contributed by atoms with Gasteiger partial charge < -0.3 is 14.2 Å². The van der Waals surface area contributed by atoms with Crippen LogP contribution in [0, 0.1) is 0 Å². The molecule has 1 saturated carbocycles. The molecule has 1 aromatic carbocycles. The molecule has 0 aliphatic heterocycles. The van der Waals surface area contributed by atoms with E-state index >= 15 is 0 Å². The second-order valence-electron chi connectivity index (χ2n) is 6.65. The highest BCUT2D eigenvalue weighted by atomic mass is 16.5. The molecule has 140 valence electrons. The lowest BCUT2D eigenvalue weighted by Crippen LogP contribution is -2.25. The number of carbonyl (C=O) groups excluding carboxylic acids is 2. The normalized spacial score (nSPS) is 19.5. The first-order valence-corrected chi connectivity index (χ1v) is 8.76. The van der Waals surface area contributed by atoms with E-state index in [1.165, 1.54) is 12.7 Å². The third-order valence-corrected chi connectivity index (χ3v) is 4.47. The summed E-state index contributed by atoms with van der Waals surface area (Å²) >= 11 is 0. The Morgan fingerprint density at radius 1 is 1.04 bits per heavy atom. The van der Waals surface area contributed by atoms with Gasteiger partial charge in [-0.2, -0.15) is 0 Å². The monoisotopic (exact) mass is 358 g/mol. The molecule has 0 atom stereocenters. The van der Waals surface area contributed by atoms with Crippen molar-refractivity contribution in [3.05, 3.63) is 54.1 Å². The van der Waals surface area contributed by atoms with E-state index in [-0.39, 0.29) is 18.7 Å². The summed E-state index contributed by atoms with van der Waals surface area (Å²) < 4.78 is 15.6. The average Bonchev–Trinajstić information content (AvgIpc) is 2.63. The van der Waals surface area contributed by atoms with Crippen LogP contribution in [-0.4, -0.2) is 31.8 Å². The smallest absolute Gasteiger partial charge is 0.338 e. The fourth-order valence-corrected chi connectivity index (χ4v) is 2.98. The maximum atomic E-state index is 11.9. The van der Waals surface area contributed by atoms with Gasteiger partial charge >= 0.3 is 11.9 Å². The Morgan fingerprint density at radius 3 is 2.19 bits per heavy atom. The zero-order valence-electron chi connectivity index (χ0n) is 15.5. The maximum absolute atomic E-state index is 11.9. The van der Waals surface area contributed by atoms with Crippen molar-refractivity contribution in [1.82, 2.24) is 0 Å². The molecule has 0 saturated heterocycles. The maximum Gasteiger partial charge on any atom is 0.338 e. The van der Waals surface area contributed by atoms with Crippen molar-refractivity contribution in [2.45, 2.75) is 44.6 Å². The Bertz CT molecular complexity index is 666. The SMILES string of the molecule is C=C(C)C(=O)Oc1ccc(C2CCC(OC(=O)C(=C)COC)CC2)cc1. The zero-order chi connectivity index (χ0) is 19.1. The topological polar surface area (TPSA) is 61.8 Å². The molecule has 1 aliphatic carbocycles. The summed E-state index contributed by atoms with van der Waals surface area (Å²) in [5, 5.41) is 0. The van der Waals surface area contributed by atoms with E-state index in [0.717, 1.165) is 25.7 Å². The largest absolute Gasteiger partial charge is 0.459 e. The quantitative estimate of drug-likeness (QED) is 0.420. The molecule has 5 heteroatoms. The highest BCUT2D eigenvalue weighted by molar-refractivity contribution is 5.89. The van der Waals surface area contributed by atoms with Gasteiger partial charge in [0.05, 0.1) is 12.2 Å². The van der Waals surface area contributed by atoms with E-state index in [1.54, 1.807) is 19.1 Å². The third-order valence-electron chi connectivity index (χ3n) is 4.47. The molecule has 0 N–H and O–H groups in total. The van der Waals surface area contributed by atoms with E-state index in [1.807, 2.05) is 12.1 Å². The summed E-state index contributed by atoms with van der Waals surface area (Å²) in [5.41, 5.74) is 1.92. The summed E-state index contributed by atoms with van der Waals surface area (Å²) in [6.07, 6.45) is 3.47. The highest BCUT2D eigenvalue weighted by Gasteiger charge is 2.25. The second kappa shape index (κ2) is 9.34. The molecule has 0 radical (unpaired) electrons. The fraction of sp³-hybridized carbons (Fsp3) is 0.429. The average molecular weight is 358 g/mol. The van der Waals surface area contributed by atoms with Crippen LogP contribution in [0.5, 0.6) is 5.75 Å². The molecule has 0 heterocycles. The number of rotatable bonds is 7. The minimum Gasteiger partial charge on any atom is -0.459 e. The predicted octanol–water partition coefficient (Wildman–Crippen LogP) is 3.94. The molecule has 0 aromatic heterocycles. The Balaban J connectivity index is 1.84. The van der Waals surface area contributed by atoms with Crippen molar-refractivity contribution in [3.8, 4) is 5.75 Å². The van der Waals surface area contributed by atoms with Gasteiger partial charge in [-0.25, -0.2) is 9.59 Å². The molecule has 0 amide bonds. The Labute approximate surface area is 154 Å². The lowest BCUT2D eigenvalue weighted by atomic mass is 9.83. The van der Waals surface area contributed by atoms with Gasteiger partial charge in [-0.3, -0.25) is 0 Å². The van der Waals surface area contributed by atoms with Crippen LogP contribution in [0.4, 0.5) is 0 Å². The second-order valence-corrected chi connectivity index (χ2v) is 6.65. The number of carbonyl (C=O) groups is 2. The third kappa shape index (κ3) is 5.56. The molecule has 2 rings (SSSR count). The molecule has 0 spiro atoms. The Hall–Kier alpha value is -2.40. The van der Waals surface area contributed by atoms with Gasteiger partial charge in [-0.1, -0.05) is 25.3 Å². The van der Waals surface area contributed by atoms with Crippen molar-refractivity contribution in [2.75, 3.05) is 13.7 Å². The lowest BCUT2D eigenvalue weighted by Gasteiger charge is -2.28. The van der Waals surface area contributed by atoms with Crippen LogP contribution in [0.15, 0.2) is 48.6 Å². The molecular formula is C21H26O5. The van der Waals surface area contributed by atoms with Crippen molar-refractivity contribution in [2.24, 2.45) is 0 Å². The minimum atomic E-state index is -0.421. The van der Waals surface area contributed by atoms with Crippen molar-refractivity contribution in [1.29, 1.82) is 0 Å². The molecule has 1 aromatic rings. The molecule has 0 bridgehead atoms. The van der Waals surface area contributed by atoms with E-state index in [0.29, 0.717) is 22.8 Å². The van der Waals surface area contributed by atoms with Crippen LogP contribution in [0.3, 0.4) is 0 Å². The van der Waals surface area contributed by atoms with Crippen LogP contribution in [0.25, 0.3) is 0 Å². The number of methoxy groups -OCH3 is 1. The van der Waals surface area contributed by atoms with Gasteiger partial charge in [0.2, 0.25) is 0 Å². The number of hydrogen-bond acceptors (Lipinski definition) is 5. The van der Waals surface area contributed by atoms with Crippen molar-refractivity contribution in [3.63, 3.8) is 0 Å². The molecule has 26 heavy (non-hydrogen) atoms. The van der Waals surface area contributed by atoms with Crippen LogP contribution in [0.2, 0.25) is 0 Å². The van der Waals surface area contributed by atoms with E-state index in [2.05, 4.69) is 13.2 Å². The van der Waals surface area contributed by atoms with Crippen LogP contribution in [0.1, 0.15) is 44.1 Å². The van der Waals surface area contributed by atoms with Gasteiger partial charge in [-0.05, 0) is 56.2 Å². The Morgan fingerprint density at radius 2 is 1.65 bits per heavy atom. The lowest BCUT2D eigenvalue weighted by molar-refractivity contribution is -0.146. The fourth-order valence-electron chi connectivity index (χ4n) is 2.98. The molecular weight excluding hydrogens is 332 g/mol. The molecule has 0 unspecified atom stereocenters. The summed E-state index contributed by atoms with van der Waals surface area (Å²) in [4.78, 5) is 23.4. The zero-order valence-corrected chi connectivity index (χ0v) is 15.5. The molecule has 1 aliphatic rings. The first-order valence-electron chi connectivity index (χ1n) is 8.76. The van der Waals surface area contributed by atoms with Crippen molar-refractivity contribution < 1.29 is 23.8 Å². The standard InChI is InChI=1S/C21H26O5/c1-14(2)20(22)25-18-9-5-16(6-10-18)17-7-11-19(12-8-17)26-21(23)15(3)13-24-4/h5-6,9-10,17,19H,1,3,7-8,11-13H2,2,4H3. The molecule has 1 fully saturated rings. The van der Waals surface area contributed by atoms with Crippen LogP contribution >= 0.6 is 0 Å². The Kier molecular flexibility index (Phi) is 7.16. The van der Waals surface area contributed by atoms with Gasteiger partial charge in [0.15, 0.2) is 0 Å². The van der Waals surface area contributed by atoms with Crippen LogP contribution in [-0.2, 0) is 19.1 Å². The highest BCUT2D eigenvalue weighted by Crippen LogP contribution is 2.35. The van der Waals surface area contributed by atoms with Gasteiger partial charge in [0, 0.05) is 12.7 Å². The van der Waals surface area contributed by atoms with Gasteiger partial charge in [0.1, 0.15) is 11.9 Å². The summed E-state index contributed by atoms with van der Waals surface area (Å²) in [6.45, 7) is 9.05. The van der Waals surface area contributed by atoms with E-state index in [9.17, 15) is 9.59 Å². The summed E-state index contributed by atoms with van der Waals surface area (Å²) in [7, 11) is 1.52. The van der Waals surface area contributed by atoms with Crippen molar-refractivity contribution >= 4 is 11.9 Å². The summed E-state index contributed by atoms with van der Waals surface area (Å²) in [5.74, 6) is 0.133. The molecule has 5 nitrogen and oxygen atoms in total. The number of hydrogen-bond donors (Lipinski definition) is 0. The summed E-state index contributed by atoms with van der Waals surface area (Å²) in [6, 6.07) is 7.57. The van der Waals surface area contributed by atoms with Gasteiger partial charge in [-0.15, -0.1) is 0 Å². The van der Waals surface area contributed by atoms with E-state index < -0.39 is 5.97 Å². The van der Waals surface area contributed by atoms with E-state index in [4.69, 9.17) is 14.2 Å². The predicted molar refractivity (Wildman–Crippen MR) is 99.0 cm³/mol. The number of esters is 2. The number of benzene rings is 1. The first-order chi connectivity index (χ1) is 12.4. The first kappa shape index (κ1) is 19.9. The van der Waals surface area contributed by atoms with Gasteiger partial charge in [0.25, 0.3) is 0 Å².